The largest absolute Gasteiger partial charge is 0.322 e. The molecule has 2 rings (SSSR count). The fourth-order valence-corrected chi connectivity index (χ4v) is 1.98. The van der Waals surface area contributed by atoms with E-state index in [9.17, 15) is 12.8 Å². The van der Waals surface area contributed by atoms with Gasteiger partial charge in [0.2, 0.25) is 0 Å². The van der Waals surface area contributed by atoms with Crippen LogP contribution in [-0.4, -0.2) is 13.0 Å². The van der Waals surface area contributed by atoms with E-state index in [2.05, 4.69) is 20.5 Å². The number of nitrogens with one attached hydrogen (secondary N) is 1. The van der Waals surface area contributed by atoms with Gasteiger partial charge in [-0.3, -0.25) is 4.55 Å². The molecule has 7 heteroatoms. The molecular formula is C13H13BrFNO3S. The maximum absolute atomic E-state index is 12.3. The Morgan fingerprint density at radius 2 is 1.75 bits per heavy atom. The average Bonchev–Trinajstić information content (AvgIpc) is 2.39. The monoisotopic (exact) mass is 361 g/mol. The lowest BCUT2D eigenvalue weighted by molar-refractivity contribution is 0.483. The molecule has 20 heavy (non-hydrogen) atoms. The molecule has 4 nitrogen and oxygen atoms in total. The molecule has 108 valence electrons. The molecule has 0 aromatic heterocycles. The highest BCUT2D eigenvalue weighted by Gasteiger charge is 2.06. The molecule has 0 spiro atoms. The van der Waals surface area contributed by atoms with Crippen molar-refractivity contribution in [3.8, 4) is 0 Å². The molecule has 2 N–H and O–H groups in total. The minimum atomic E-state index is -4.02. The summed E-state index contributed by atoms with van der Waals surface area (Å²) in [5.41, 5.74) is 1.67. The molecule has 0 bridgehead atoms. The van der Waals surface area contributed by atoms with E-state index in [1.165, 1.54) is 24.3 Å². The van der Waals surface area contributed by atoms with Gasteiger partial charge in [0, 0.05) is 21.8 Å². The van der Waals surface area contributed by atoms with Crippen LogP contribution < -0.4 is 4.34 Å². The maximum atomic E-state index is 12.3. The van der Waals surface area contributed by atoms with Gasteiger partial charge in [0.05, 0.1) is 4.90 Å². The molecule has 0 aliphatic rings. The van der Waals surface area contributed by atoms with Crippen LogP contribution in [-0.2, 0) is 10.1 Å². The second-order valence-electron chi connectivity index (χ2n) is 3.89. The number of rotatable bonds is 2. The molecule has 2 aromatic carbocycles. The summed E-state index contributed by atoms with van der Waals surface area (Å²) in [5.74, 6) is -0.237. The van der Waals surface area contributed by atoms with Crippen molar-refractivity contribution in [3.63, 3.8) is 0 Å². The number of hydrogen-bond donors (Lipinski definition) is 2. The van der Waals surface area contributed by atoms with Gasteiger partial charge in [-0.2, -0.15) is 8.42 Å². The molecule has 0 aliphatic heterocycles. The van der Waals surface area contributed by atoms with Crippen molar-refractivity contribution in [2.24, 2.45) is 0 Å². The highest BCUT2D eigenvalue weighted by atomic mass is 79.9. The molecule has 0 amide bonds. The predicted molar refractivity (Wildman–Crippen MR) is 79.9 cm³/mol. The first-order chi connectivity index (χ1) is 9.32. The van der Waals surface area contributed by atoms with E-state index in [-0.39, 0.29) is 10.7 Å². The van der Waals surface area contributed by atoms with Crippen LogP contribution in [0.15, 0.2) is 53.4 Å². The lowest BCUT2D eigenvalue weighted by atomic mass is 10.2. The van der Waals surface area contributed by atoms with Gasteiger partial charge in [-0.25, -0.2) is 4.39 Å². The van der Waals surface area contributed by atoms with Crippen molar-refractivity contribution in [3.05, 3.63) is 59.9 Å². The van der Waals surface area contributed by atoms with E-state index in [1.807, 2.05) is 6.92 Å². The summed E-state index contributed by atoms with van der Waals surface area (Å²) in [6.45, 7) is 1.84. The van der Waals surface area contributed by atoms with Crippen LogP contribution in [0.4, 0.5) is 10.1 Å². The molecule has 0 atom stereocenters. The van der Waals surface area contributed by atoms with Crippen LogP contribution in [0.5, 0.6) is 0 Å². The van der Waals surface area contributed by atoms with Crippen LogP contribution in [0.25, 0.3) is 0 Å². The Hall–Kier alpha value is -1.44. The summed E-state index contributed by atoms with van der Waals surface area (Å²) in [6.07, 6.45) is 0. The summed E-state index contributed by atoms with van der Waals surface area (Å²) < 4.78 is 44.5. The molecule has 0 fully saturated rings. The summed E-state index contributed by atoms with van der Waals surface area (Å²) in [7, 11) is -4.02. The molecule has 0 aliphatic carbocycles. The maximum Gasteiger partial charge on any atom is 0.294 e. The van der Waals surface area contributed by atoms with Crippen molar-refractivity contribution in [1.29, 1.82) is 0 Å². The van der Waals surface area contributed by atoms with Crippen molar-refractivity contribution in [1.82, 2.24) is 0 Å². The zero-order valence-electron chi connectivity index (χ0n) is 10.5. The Kier molecular flexibility index (Phi) is 6.12. The Morgan fingerprint density at radius 1 is 1.15 bits per heavy atom. The van der Waals surface area contributed by atoms with E-state index in [4.69, 9.17) is 4.55 Å². The zero-order chi connectivity index (χ0) is 15.2. The SMILES string of the molecule is Cc1ccc(S(=O)(=O)O)cc1.Fc1cccc(NBr)c1. The number of hydrogen-bond acceptors (Lipinski definition) is 3. The molecule has 0 radical (unpaired) electrons. The van der Waals surface area contributed by atoms with E-state index >= 15 is 0 Å². The summed E-state index contributed by atoms with van der Waals surface area (Å²) in [4.78, 5) is -0.0666. The molecular weight excluding hydrogens is 349 g/mol. The Bertz CT molecular complexity index is 660. The van der Waals surface area contributed by atoms with E-state index in [0.29, 0.717) is 0 Å². The third kappa shape index (κ3) is 5.68. The van der Waals surface area contributed by atoms with Crippen LogP contribution in [0.3, 0.4) is 0 Å². The van der Waals surface area contributed by atoms with Crippen molar-refractivity contribution in [2.75, 3.05) is 4.34 Å². The normalized spacial score (nSPS) is 10.4. The number of halogens is 2. The van der Waals surface area contributed by atoms with Crippen LogP contribution in [0.1, 0.15) is 5.56 Å². The predicted octanol–water partition coefficient (Wildman–Crippen LogP) is 3.79. The average molecular weight is 362 g/mol. The molecule has 0 saturated heterocycles. The fourth-order valence-electron chi connectivity index (χ4n) is 1.26. The molecule has 0 heterocycles. The Morgan fingerprint density at radius 3 is 2.15 bits per heavy atom. The highest BCUT2D eigenvalue weighted by molar-refractivity contribution is 9.10. The summed E-state index contributed by atoms with van der Waals surface area (Å²) in [6, 6.07) is 12.2. The highest BCUT2D eigenvalue weighted by Crippen LogP contribution is 2.10. The van der Waals surface area contributed by atoms with E-state index in [0.717, 1.165) is 11.3 Å². The summed E-state index contributed by atoms with van der Waals surface area (Å²) >= 11 is 2.97. The first-order valence-electron chi connectivity index (χ1n) is 5.49. The minimum Gasteiger partial charge on any atom is -0.322 e. The smallest absolute Gasteiger partial charge is 0.294 e. The van der Waals surface area contributed by atoms with Gasteiger partial charge in [-0.15, -0.1) is 0 Å². The van der Waals surface area contributed by atoms with Crippen LogP contribution in [0.2, 0.25) is 0 Å². The first-order valence-corrected chi connectivity index (χ1v) is 7.72. The quantitative estimate of drug-likeness (QED) is 0.630. The molecule has 2 aromatic rings. The third-order valence-electron chi connectivity index (χ3n) is 2.25. The van der Waals surface area contributed by atoms with Gasteiger partial charge in [-0.05, 0) is 37.3 Å². The minimum absolute atomic E-state index is 0.0666. The fraction of sp³-hybridized carbons (Fsp3) is 0.0769. The lowest BCUT2D eigenvalue weighted by Crippen LogP contribution is -1.96. The second kappa shape index (κ2) is 7.37. The number of aryl methyl sites for hydroxylation is 1. The van der Waals surface area contributed by atoms with Crippen LogP contribution in [0, 0.1) is 12.7 Å². The van der Waals surface area contributed by atoms with E-state index in [1.54, 1.807) is 24.3 Å². The first kappa shape index (κ1) is 16.6. The topological polar surface area (TPSA) is 66.4 Å². The van der Waals surface area contributed by atoms with Crippen molar-refractivity contribution in [2.45, 2.75) is 11.8 Å². The Labute approximate surface area is 125 Å². The van der Waals surface area contributed by atoms with Gasteiger partial charge >= 0.3 is 0 Å². The standard InChI is InChI=1S/C7H8O3S.C6H5BrFN/c1-6-2-4-7(5-3-6)11(8,9)10;7-9-6-3-1-2-5(8)4-6/h2-5H,1H3,(H,8,9,10);1-4,9H. The third-order valence-corrected chi connectivity index (χ3v) is 3.58. The summed E-state index contributed by atoms with van der Waals surface area (Å²) in [5, 5.41) is 0. The zero-order valence-corrected chi connectivity index (χ0v) is 12.9. The second-order valence-corrected chi connectivity index (χ2v) is 5.71. The van der Waals surface area contributed by atoms with Gasteiger partial charge in [0.15, 0.2) is 0 Å². The van der Waals surface area contributed by atoms with E-state index < -0.39 is 10.1 Å². The van der Waals surface area contributed by atoms with Crippen molar-refractivity contribution >= 4 is 32.0 Å². The van der Waals surface area contributed by atoms with Gasteiger partial charge < -0.3 is 4.34 Å². The number of anilines is 1. The number of benzene rings is 2. The van der Waals surface area contributed by atoms with Gasteiger partial charge in [-0.1, -0.05) is 23.8 Å². The lowest BCUT2D eigenvalue weighted by Gasteiger charge is -1.95. The molecule has 0 unspecified atom stereocenters. The Balaban J connectivity index is 0.000000204. The van der Waals surface area contributed by atoms with Crippen molar-refractivity contribution < 1.29 is 17.4 Å². The molecule has 0 saturated carbocycles. The van der Waals surface area contributed by atoms with Gasteiger partial charge in [0.1, 0.15) is 5.82 Å². The van der Waals surface area contributed by atoms with Gasteiger partial charge in [0.25, 0.3) is 10.1 Å². The van der Waals surface area contributed by atoms with Crippen LogP contribution >= 0.6 is 16.1 Å².